The molecule has 1 fully saturated rings. The van der Waals surface area contributed by atoms with Crippen LogP contribution in [0.1, 0.15) is 32.8 Å². The van der Waals surface area contributed by atoms with Gasteiger partial charge in [0, 0.05) is 25.0 Å². The molecule has 7 heteroatoms. The van der Waals surface area contributed by atoms with E-state index in [-0.39, 0.29) is 29.8 Å². The number of fused-ring (bicyclic) bond motifs is 1. The van der Waals surface area contributed by atoms with Gasteiger partial charge in [0.05, 0.1) is 6.10 Å². The van der Waals surface area contributed by atoms with Crippen molar-refractivity contribution in [1.29, 1.82) is 0 Å². The standard InChI is InChI=1S/C19H28N2O4.ClH/c1-4-23-16-12-19(20,18(16,2)3)17(22)21-8-7-13-5-6-14-15(11-13)25-10-9-24-14;/h5-6,11,16H,4,7-10,12,20H2,1-3H3,(H,21,22);1H. The molecule has 146 valence electrons. The fourth-order valence-electron chi connectivity index (χ4n) is 3.54. The van der Waals surface area contributed by atoms with E-state index in [9.17, 15) is 4.79 Å². The number of amides is 1. The minimum Gasteiger partial charge on any atom is -0.486 e. The molecule has 0 saturated heterocycles. The van der Waals surface area contributed by atoms with Crippen LogP contribution in [-0.2, 0) is 16.0 Å². The lowest BCUT2D eigenvalue weighted by Gasteiger charge is -2.57. The smallest absolute Gasteiger partial charge is 0.240 e. The number of benzene rings is 1. The molecule has 0 aromatic heterocycles. The minimum atomic E-state index is -0.875. The second-order valence-corrected chi connectivity index (χ2v) is 7.33. The van der Waals surface area contributed by atoms with Crippen LogP contribution in [0.4, 0.5) is 0 Å². The molecule has 3 rings (SSSR count). The molecule has 1 amide bonds. The largest absolute Gasteiger partial charge is 0.486 e. The van der Waals surface area contributed by atoms with Crippen molar-refractivity contribution < 1.29 is 19.0 Å². The summed E-state index contributed by atoms with van der Waals surface area (Å²) in [6.45, 7) is 8.27. The Morgan fingerprint density at radius 3 is 2.65 bits per heavy atom. The van der Waals surface area contributed by atoms with E-state index in [0.29, 0.717) is 39.2 Å². The first-order valence-electron chi connectivity index (χ1n) is 8.96. The summed E-state index contributed by atoms with van der Waals surface area (Å²) in [5.41, 5.74) is 6.23. The Morgan fingerprint density at radius 2 is 2.00 bits per heavy atom. The van der Waals surface area contributed by atoms with Crippen LogP contribution in [0.5, 0.6) is 11.5 Å². The zero-order valence-corrected chi connectivity index (χ0v) is 16.5. The van der Waals surface area contributed by atoms with Crippen molar-refractivity contribution in [2.45, 2.75) is 45.3 Å². The SMILES string of the molecule is CCOC1CC(N)(C(=O)NCCc2ccc3c(c2)OCCO3)C1(C)C.Cl. The first kappa shape index (κ1) is 20.8. The van der Waals surface area contributed by atoms with Gasteiger partial charge in [-0.25, -0.2) is 0 Å². The lowest BCUT2D eigenvalue weighted by Crippen LogP contribution is -2.75. The second-order valence-electron chi connectivity index (χ2n) is 7.33. The predicted octanol–water partition coefficient (Wildman–Crippen LogP) is 2.07. The van der Waals surface area contributed by atoms with E-state index in [1.54, 1.807) is 0 Å². The molecule has 1 aromatic rings. The number of halogens is 1. The van der Waals surface area contributed by atoms with Crippen LogP contribution in [0.25, 0.3) is 0 Å². The first-order valence-corrected chi connectivity index (χ1v) is 8.96. The Morgan fingerprint density at radius 1 is 1.31 bits per heavy atom. The normalized spacial score (nSPS) is 25.6. The first-order chi connectivity index (χ1) is 11.9. The number of ether oxygens (including phenoxy) is 3. The average Bonchev–Trinajstić information content (AvgIpc) is 2.61. The molecule has 2 atom stereocenters. The van der Waals surface area contributed by atoms with Crippen molar-refractivity contribution in [1.82, 2.24) is 5.32 Å². The third-order valence-electron chi connectivity index (χ3n) is 5.54. The molecule has 2 aliphatic rings. The molecule has 1 aromatic carbocycles. The van der Waals surface area contributed by atoms with E-state index in [2.05, 4.69) is 5.32 Å². The second kappa shape index (κ2) is 8.03. The number of carbonyl (C=O) groups excluding carboxylic acids is 1. The van der Waals surface area contributed by atoms with Gasteiger partial charge in [-0.2, -0.15) is 0 Å². The van der Waals surface area contributed by atoms with Gasteiger partial charge in [0.2, 0.25) is 5.91 Å². The fourth-order valence-corrected chi connectivity index (χ4v) is 3.54. The van der Waals surface area contributed by atoms with Gasteiger partial charge in [0.1, 0.15) is 18.8 Å². The van der Waals surface area contributed by atoms with Gasteiger partial charge in [0.25, 0.3) is 0 Å². The van der Waals surface area contributed by atoms with Crippen molar-refractivity contribution >= 4 is 18.3 Å². The van der Waals surface area contributed by atoms with Crippen LogP contribution in [0.2, 0.25) is 0 Å². The molecular formula is C19H29ClN2O4. The van der Waals surface area contributed by atoms with Gasteiger partial charge in [-0.1, -0.05) is 19.9 Å². The van der Waals surface area contributed by atoms with Crippen LogP contribution in [0, 0.1) is 5.41 Å². The topological polar surface area (TPSA) is 82.8 Å². The van der Waals surface area contributed by atoms with Crippen LogP contribution >= 0.6 is 12.4 Å². The lowest BCUT2D eigenvalue weighted by atomic mass is 9.54. The van der Waals surface area contributed by atoms with Crippen molar-refractivity contribution in [3.8, 4) is 11.5 Å². The maximum atomic E-state index is 12.6. The monoisotopic (exact) mass is 384 g/mol. The van der Waals surface area contributed by atoms with Crippen LogP contribution in [0.3, 0.4) is 0 Å². The van der Waals surface area contributed by atoms with Crippen molar-refractivity contribution in [3.63, 3.8) is 0 Å². The Balaban J connectivity index is 0.00000243. The molecule has 1 saturated carbocycles. The molecule has 3 N–H and O–H groups in total. The summed E-state index contributed by atoms with van der Waals surface area (Å²) in [4.78, 5) is 12.6. The Kier molecular flexibility index (Phi) is 6.42. The summed E-state index contributed by atoms with van der Waals surface area (Å²) in [6, 6.07) is 5.88. The number of hydrogen-bond donors (Lipinski definition) is 2. The molecular weight excluding hydrogens is 356 g/mol. The third-order valence-corrected chi connectivity index (χ3v) is 5.54. The number of nitrogens with one attached hydrogen (secondary N) is 1. The zero-order valence-electron chi connectivity index (χ0n) is 15.7. The molecule has 2 unspecified atom stereocenters. The van der Waals surface area contributed by atoms with Crippen LogP contribution in [0.15, 0.2) is 18.2 Å². The number of hydrogen-bond acceptors (Lipinski definition) is 5. The quantitative estimate of drug-likeness (QED) is 0.784. The highest BCUT2D eigenvalue weighted by atomic mass is 35.5. The van der Waals surface area contributed by atoms with E-state index < -0.39 is 5.54 Å². The van der Waals surface area contributed by atoms with Gasteiger partial charge in [-0.05, 0) is 31.0 Å². The highest BCUT2D eigenvalue weighted by molar-refractivity contribution is 5.88. The maximum Gasteiger partial charge on any atom is 0.240 e. The Bertz CT molecular complexity index is 652. The Labute approximate surface area is 161 Å². The van der Waals surface area contributed by atoms with E-state index >= 15 is 0 Å². The summed E-state index contributed by atoms with van der Waals surface area (Å²) in [5, 5.41) is 2.98. The maximum absolute atomic E-state index is 12.6. The van der Waals surface area contributed by atoms with E-state index in [1.165, 1.54) is 0 Å². The van der Waals surface area contributed by atoms with Gasteiger partial charge in [0.15, 0.2) is 11.5 Å². The summed E-state index contributed by atoms with van der Waals surface area (Å²) >= 11 is 0. The molecule has 0 radical (unpaired) electrons. The molecule has 6 nitrogen and oxygen atoms in total. The minimum absolute atomic E-state index is 0. The number of nitrogens with two attached hydrogens (primary N) is 1. The molecule has 1 heterocycles. The molecule has 1 aliphatic heterocycles. The van der Waals surface area contributed by atoms with E-state index in [1.807, 2.05) is 39.0 Å². The third kappa shape index (κ3) is 3.63. The zero-order chi connectivity index (χ0) is 18.1. The van der Waals surface area contributed by atoms with Gasteiger partial charge in [-0.3, -0.25) is 4.79 Å². The predicted molar refractivity (Wildman–Crippen MR) is 102 cm³/mol. The summed E-state index contributed by atoms with van der Waals surface area (Å²) in [6.07, 6.45) is 1.31. The van der Waals surface area contributed by atoms with Crippen molar-refractivity contribution in [2.75, 3.05) is 26.4 Å². The highest BCUT2D eigenvalue weighted by Crippen LogP contribution is 2.49. The van der Waals surface area contributed by atoms with Gasteiger partial charge >= 0.3 is 0 Å². The fraction of sp³-hybridized carbons (Fsp3) is 0.632. The summed E-state index contributed by atoms with van der Waals surface area (Å²) in [5.74, 6) is 1.44. The number of rotatable bonds is 6. The van der Waals surface area contributed by atoms with Gasteiger partial charge in [-0.15, -0.1) is 12.4 Å². The van der Waals surface area contributed by atoms with Crippen molar-refractivity contribution in [3.05, 3.63) is 23.8 Å². The van der Waals surface area contributed by atoms with Gasteiger partial charge < -0.3 is 25.3 Å². The summed E-state index contributed by atoms with van der Waals surface area (Å²) < 4.78 is 16.8. The van der Waals surface area contributed by atoms with E-state index in [0.717, 1.165) is 17.1 Å². The molecule has 0 bridgehead atoms. The highest BCUT2D eigenvalue weighted by Gasteiger charge is 2.62. The summed E-state index contributed by atoms with van der Waals surface area (Å²) in [7, 11) is 0. The van der Waals surface area contributed by atoms with E-state index in [4.69, 9.17) is 19.9 Å². The van der Waals surface area contributed by atoms with Crippen LogP contribution < -0.4 is 20.5 Å². The Hall–Kier alpha value is -1.50. The van der Waals surface area contributed by atoms with Crippen LogP contribution in [-0.4, -0.2) is 43.9 Å². The molecule has 1 aliphatic carbocycles. The molecule has 0 spiro atoms. The molecule has 26 heavy (non-hydrogen) atoms. The lowest BCUT2D eigenvalue weighted by molar-refractivity contribution is -0.170. The number of carbonyl (C=O) groups is 1. The average molecular weight is 385 g/mol. The van der Waals surface area contributed by atoms with Crippen molar-refractivity contribution in [2.24, 2.45) is 11.1 Å².